The molecule has 4 heteroatoms. The van der Waals surface area contributed by atoms with Gasteiger partial charge in [-0.2, -0.15) is 5.26 Å². The molecule has 0 aliphatic rings. The minimum absolute atomic E-state index is 0.366. The van der Waals surface area contributed by atoms with Crippen molar-refractivity contribution >= 4 is 38.2 Å². The number of nitrogens with one attached hydrogen (secondary N) is 1. The molecule has 0 heterocycles. The van der Waals surface area contributed by atoms with Crippen LogP contribution in [-0.4, -0.2) is 5.84 Å². The van der Waals surface area contributed by atoms with Gasteiger partial charge in [0.2, 0.25) is 0 Å². The Labute approximate surface area is 291 Å². The first-order valence-corrected chi connectivity index (χ1v) is 16.8. The lowest BCUT2D eigenvalue weighted by Gasteiger charge is -2.17. The van der Waals surface area contributed by atoms with Crippen LogP contribution >= 0.6 is 0 Å². The first kappa shape index (κ1) is 30.8. The maximum atomic E-state index is 10.0. The summed E-state index contributed by atoms with van der Waals surface area (Å²) in [5.74, 6) is 0.463. The summed E-state index contributed by atoms with van der Waals surface area (Å²) in [5.41, 5.74) is 14.3. The number of nitriles is 1. The molecule has 238 valence electrons. The molecule has 0 aromatic heterocycles. The van der Waals surface area contributed by atoms with Crippen molar-refractivity contribution in [2.45, 2.75) is 12.7 Å². The third kappa shape index (κ3) is 6.10. The molecule has 0 bridgehead atoms. The predicted octanol–water partition coefficient (Wildman–Crippen LogP) is 10.5. The molecule has 0 spiro atoms. The van der Waals surface area contributed by atoms with Crippen molar-refractivity contribution in [2.75, 3.05) is 0 Å². The maximum Gasteiger partial charge on any atom is 0.128 e. The number of rotatable bonds is 8. The molecule has 0 aliphatic carbocycles. The van der Waals surface area contributed by atoms with Crippen molar-refractivity contribution < 1.29 is 0 Å². The third-order valence-electron chi connectivity index (χ3n) is 9.35. The zero-order valence-corrected chi connectivity index (χ0v) is 27.4. The van der Waals surface area contributed by atoms with E-state index in [0.29, 0.717) is 17.9 Å². The second-order valence-electron chi connectivity index (χ2n) is 12.5. The van der Waals surface area contributed by atoms with E-state index in [1.807, 2.05) is 72.8 Å². The first-order chi connectivity index (χ1) is 24.6. The van der Waals surface area contributed by atoms with E-state index in [0.717, 1.165) is 38.9 Å². The fourth-order valence-electron chi connectivity index (χ4n) is 6.90. The van der Waals surface area contributed by atoms with Crippen LogP contribution in [0.2, 0.25) is 0 Å². The summed E-state index contributed by atoms with van der Waals surface area (Å²) in [6, 6.07) is 61.0. The zero-order chi connectivity index (χ0) is 33.9. The molecule has 0 amide bonds. The van der Waals surface area contributed by atoms with Gasteiger partial charge in [-0.05, 0) is 96.0 Å². The van der Waals surface area contributed by atoms with Gasteiger partial charge in [0.1, 0.15) is 12.0 Å². The molecule has 3 N–H and O–H groups in total. The molecule has 8 aromatic carbocycles. The van der Waals surface area contributed by atoms with Crippen LogP contribution < -0.4 is 11.1 Å². The lowest BCUT2D eigenvalue weighted by molar-refractivity contribution is 0.554. The molecular formula is C46H34N4. The summed E-state index contributed by atoms with van der Waals surface area (Å²) in [6.45, 7) is 0.499. The zero-order valence-electron chi connectivity index (χ0n) is 27.4. The van der Waals surface area contributed by atoms with Gasteiger partial charge in [-0.1, -0.05) is 140 Å². The number of nitrogens with zero attached hydrogens (tertiary/aromatic N) is 2. The largest absolute Gasteiger partial charge is 0.383 e. The molecule has 8 aromatic rings. The second-order valence-corrected chi connectivity index (χ2v) is 12.5. The molecule has 1 atom stereocenters. The summed E-state index contributed by atoms with van der Waals surface area (Å²) in [7, 11) is 0. The van der Waals surface area contributed by atoms with Crippen LogP contribution in [0.1, 0.15) is 28.4 Å². The van der Waals surface area contributed by atoms with Crippen LogP contribution in [0.15, 0.2) is 175 Å². The third-order valence-corrected chi connectivity index (χ3v) is 9.35. The van der Waals surface area contributed by atoms with Gasteiger partial charge in [0.25, 0.3) is 0 Å². The standard InChI is InChI=1S/C46H34N4/c47-29-31-24-32(30-49-46(34-14-5-2-6-15-34)50-45(48)33-12-3-1-4-13-33)26-38(25-31)36-17-11-16-35(27-36)37-22-23-43-41-20-8-7-18-39(41)40-19-9-10-21-42(40)44(43)28-37/h1-28,46,49H,30H2,(H2,48,50). The minimum atomic E-state index is -0.366. The average Bonchev–Trinajstić information content (AvgIpc) is 3.20. The predicted molar refractivity (Wildman–Crippen MR) is 208 cm³/mol. The van der Waals surface area contributed by atoms with Gasteiger partial charge in [-0.15, -0.1) is 0 Å². The average molecular weight is 643 g/mol. The molecule has 0 aliphatic heterocycles. The normalized spacial score (nSPS) is 12.3. The Balaban J connectivity index is 1.13. The highest BCUT2D eigenvalue weighted by Gasteiger charge is 2.14. The van der Waals surface area contributed by atoms with E-state index in [1.54, 1.807) is 0 Å². The van der Waals surface area contributed by atoms with Crippen molar-refractivity contribution in [3.63, 3.8) is 0 Å². The van der Waals surface area contributed by atoms with E-state index in [-0.39, 0.29) is 6.17 Å². The molecule has 0 radical (unpaired) electrons. The van der Waals surface area contributed by atoms with Crippen LogP contribution in [0.5, 0.6) is 0 Å². The number of aliphatic imine (C=N–C) groups is 1. The number of hydrogen-bond donors (Lipinski definition) is 2. The fourth-order valence-corrected chi connectivity index (χ4v) is 6.90. The van der Waals surface area contributed by atoms with E-state index in [9.17, 15) is 5.26 Å². The molecule has 1 unspecified atom stereocenters. The molecule has 4 nitrogen and oxygen atoms in total. The van der Waals surface area contributed by atoms with Crippen LogP contribution in [0, 0.1) is 11.3 Å². The van der Waals surface area contributed by atoms with Crippen LogP contribution in [-0.2, 0) is 6.54 Å². The molecule has 8 rings (SSSR count). The number of amidine groups is 1. The van der Waals surface area contributed by atoms with E-state index in [4.69, 9.17) is 10.7 Å². The summed E-state index contributed by atoms with van der Waals surface area (Å²) in [5, 5.41) is 21.2. The van der Waals surface area contributed by atoms with Crippen molar-refractivity contribution in [1.29, 1.82) is 5.26 Å². The van der Waals surface area contributed by atoms with Crippen LogP contribution in [0.3, 0.4) is 0 Å². The number of benzene rings is 8. The Morgan fingerprint density at radius 2 is 1.10 bits per heavy atom. The minimum Gasteiger partial charge on any atom is -0.383 e. The van der Waals surface area contributed by atoms with Gasteiger partial charge in [-0.25, -0.2) is 4.99 Å². The van der Waals surface area contributed by atoms with E-state index >= 15 is 0 Å². The quantitative estimate of drug-likeness (QED) is 0.0984. The smallest absolute Gasteiger partial charge is 0.128 e. The highest BCUT2D eigenvalue weighted by molar-refractivity contribution is 6.25. The van der Waals surface area contributed by atoms with E-state index < -0.39 is 0 Å². The first-order valence-electron chi connectivity index (χ1n) is 16.8. The Morgan fingerprint density at radius 3 is 1.76 bits per heavy atom. The van der Waals surface area contributed by atoms with Gasteiger partial charge < -0.3 is 5.73 Å². The molecule has 0 fully saturated rings. The van der Waals surface area contributed by atoms with Crippen molar-refractivity contribution in [1.82, 2.24) is 5.32 Å². The molecule has 0 saturated heterocycles. The monoisotopic (exact) mass is 642 g/mol. The Bertz CT molecular complexity index is 2530. The Hall–Kier alpha value is -6.54. The fraction of sp³-hybridized carbons (Fsp3) is 0.0435. The van der Waals surface area contributed by atoms with E-state index in [2.05, 4.69) is 108 Å². The molecule has 0 saturated carbocycles. The SMILES string of the molecule is N#Cc1cc(CNC(N=C(N)c2ccccc2)c2ccccc2)cc(-c2cccc(-c3ccc4c5ccccc5c5ccccc5c4c3)c2)c1. The van der Waals surface area contributed by atoms with Crippen molar-refractivity contribution in [2.24, 2.45) is 10.7 Å². The number of nitrogens with two attached hydrogens (primary N) is 1. The van der Waals surface area contributed by atoms with Gasteiger partial charge in [0.05, 0.1) is 11.6 Å². The van der Waals surface area contributed by atoms with E-state index in [1.165, 1.54) is 32.3 Å². The van der Waals surface area contributed by atoms with Crippen molar-refractivity contribution in [3.05, 3.63) is 192 Å². The van der Waals surface area contributed by atoms with Crippen molar-refractivity contribution in [3.8, 4) is 28.3 Å². The van der Waals surface area contributed by atoms with Gasteiger partial charge in [0.15, 0.2) is 0 Å². The Kier molecular flexibility index (Phi) is 8.32. The van der Waals surface area contributed by atoms with Gasteiger partial charge >= 0.3 is 0 Å². The van der Waals surface area contributed by atoms with Crippen LogP contribution in [0.4, 0.5) is 0 Å². The topological polar surface area (TPSA) is 74.2 Å². The highest BCUT2D eigenvalue weighted by atomic mass is 15.1. The summed E-state index contributed by atoms with van der Waals surface area (Å²) in [4.78, 5) is 4.88. The summed E-state index contributed by atoms with van der Waals surface area (Å²) < 4.78 is 0. The molecule has 50 heavy (non-hydrogen) atoms. The maximum absolute atomic E-state index is 10.0. The van der Waals surface area contributed by atoms with Crippen LogP contribution in [0.25, 0.3) is 54.6 Å². The highest BCUT2D eigenvalue weighted by Crippen LogP contribution is 2.37. The molecular weight excluding hydrogens is 609 g/mol. The lowest BCUT2D eigenvalue weighted by atomic mass is 9.91. The lowest BCUT2D eigenvalue weighted by Crippen LogP contribution is -2.24. The second kappa shape index (κ2) is 13.5. The van der Waals surface area contributed by atoms with Gasteiger partial charge in [0, 0.05) is 12.1 Å². The summed E-state index contributed by atoms with van der Waals surface area (Å²) >= 11 is 0. The number of hydrogen-bond acceptors (Lipinski definition) is 3. The number of fused-ring (bicyclic) bond motifs is 6. The van der Waals surface area contributed by atoms with Gasteiger partial charge in [-0.3, -0.25) is 5.32 Å². The summed E-state index contributed by atoms with van der Waals surface area (Å²) in [6.07, 6.45) is -0.366. The Morgan fingerprint density at radius 1 is 0.540 bits per heavy atom.